The zero-order valence-electron chi connectivity index (χ0n) is 9.31. The van der Waals surface area contributed by atoms with Crippen molar-refractivity contribution in [2.75, 3.05) is 20.3 Å². The summed E-state index contributed by atoms with van der Waals surface area (Å²) in [6.45, 7) is -0.931. The zero-order valence-corrected chi connectivity index (χ0v) is 9.31. The van der Waals surface area contributed by atoms with Gasteiger partial charge in [0.1, 0.15) is 13.2 Å². The summed E-state index contributed by atoms with van der Waals surface area (Å²) in [6, 6.07) is 1.37. The number of benzene rings is 1. The topological polar surface area (TPSA) is 78.7 Å². The lowest BCUT2D eigenvalue weighted by Crippen LogP contribution is -2.17. The molecule has 6 nitrogen and oxygen atoms in total. The van der Waals surface area contributed by atoms with Gasteiger partial charge in [-0.3, -0.25) is 14.9 Å². The van der Waals surface area contributed by atoms with Gasteiger partial charge in [-0.1, -0.05) is 0 Å². The standard InChI is InChI=1S/C10H9F2NO5/c1-17-4-6(14)5-18-10-8(13(15)16)3-2-7(11)9(10)12/h2-3H,4-5H2,1H3. The summed E-state index contributed by atoms with van der Waals surface area (Å²) in [5.41, 5.74) is -0.751. The molecule has 0 bridgehead atoms. The van der Waals surface area contributed by atoms with Crippen LogP contribution in [0.15, 0.2) is 12.1 Å². The number of ether oxygens (including phenoxy) is 2. The van der Waals surface area contributed by atoms with E-state index in [1.165, 1.54) is 7.11 Å². The lowest BCUT2D eigenvalue weighted by atomic mass is 10.2. The monoisotopic (exact) mass is 261 g/mol. The summed E-state index contributed by atoms with van der Waals surface area (Å²) in [5.74, 6) is -4.26. The number of carbonyl (C=O) groups excluding carboxylic acids is 1. The maximum atomic E-state index is 13.3. The van der Waals surface area contributed by atoms with E-state index in [4.69, 9.17) is 0 Å². The Balaban J connectivity index is 2.95. The Bertz CT molecular complexity index is 478. The highest BCUT2D eigenvalue weighted by Crippen LogP contribution is 2.31. The predicted octanol–water partition coefficient (Wildman–Crippen LogP) is 1.47. The van der Waals surface area contributed by atoms with E-state index in [0.717, 1.165) is 6.07 Å². The Kier molecular flexibility index (Phi) is 4.67. The predicted molar refractivity (Wildman–Crippen MR) is 55.4 cm³/mol. The number of ketones is 1. The highest BCUT2D eigenvalue weighted by molar-refractivity contribution is 5.81. The summed E-state index contributed by atoms with van der Waals surface area (Å²) < 4.78 is 35.4. The minimum atomic E-state index is -1.51. The first-order valence-electron chi connectivity index (χ1n) is 4.73. The number of halogens is 2. The molecule has 0 unspecified atom stereocenters. The number of hydrogen-bond donors (Lipinski definition) is 0. The summed E-state index contributed by atoms with van der Waals surface area (Å²) in [6.07, 6.45) is 0. The molecule has 0 aromatic heterocycles. The lowest BCUT2D eigenvalue weighted by molar-refractivity contribution is -0.386. The Hall–Kier alpha value is -2.09. The van der Waals surface area contributed by atoms with E-state index in [1.807, 2.05) is 0 Å². The fourth-order valence-electron chi connectivity index (χ4n) is 1.16. The normalized spacial score (nSPS) is 10.2. The second-order valence-corrected chi connectivity index (χ2v) is 3.23. The smallest absolute Gasteiger partial charge is 0.314 e. The van der Waals surface area contributed by atoms with E-state index in [9.17, 15) is 23.7 Å². The third-order valence-corrected chi connectivity index (χ3v) is 1.91. The average molecular weight is 261 g/mol. The molecule has 1 aromatic carbocycles. The van der Waals surface area contributed by atoms with Crippen molar-refractivity contribution in [1.29, 1.82) is 0 Å². The van der Waals surface area contributed by atoms with Gasteiger partial charge in [0.25, 0.3) is 0 Å². The second kappa shape index (κ2) is 6.01. The summed E-state index contributed by atoms with van der Waals surface area (Å²) in [4.78, 5) is 20.7. The van der Waals surface area contributed by atoms with Crippen LogP contribution in [-0.4, -0.2) is 31.0 Å². The number of nitro benzene ring substituents is 1. The van der Waals surface area contributed by atoms with E-state index < -0.39 is 40.4 Å². The van der Waals surface area contributed by atoms with Gasteiger partial charge in [0.15, 0.2) is 11.6 Å². The van der Waals surface area contributed by atoms with Gasteiger partial charge >= 0.3 is 5.69 Å². The Morgan fingerprint density at radius 2 is 2.06 bits per heavy atom. The van der Waals surface area contributed by atoms with Gasteiger partial charge in [0.05, 0.1) is 4.92 Å². The van der Waals surface area contributed by atoms with Gasteiger partial charge in [-0.05, 0) is 6.07 Å². The van der Waals surface area contributed by atoms with Gasteiger partial charge in [0, 0.05) is 13.2 Å². The summed E-state index contributed by atoms with van der Waals surface area (Å²) in [7, 11) is 1.27. The first kappa shape index (κ1) is 14.0. The first-order chi connectivity index (χ1) is 8.47. The molecule has 0 saturated heterocycles. The third-order valence-electron chi connectivity index (χ3n) is 1.91. The maximum absolute atomic E-state index is 13.3. The number of nitro groups is 1. The summed E-state index contributed by atoms with van der Waals surface area (Å²) in [5, 5.41) is 10.6. The number of carbonyl (C=O) groups is 1. The molecule has 0 radical (unpaired) electrons. The van der Waals surface area contributed by atoms with Gasteiger partial charge < -0.3 is 9.47 Å². The molecule has 0 saturated carbocycles. The molecular weight excluding hydrogens is 252 g/mol. The van der Waals surface area contributed by atoms with Crippen LogP contribution in [0.2, 0.25) is 0 Å². The number of nitrogens with zero attached hydrogens (tertiary/aromatic N) is 1. The molecule has 1 aromatic rings. The van der Waals surface area contributed by atoms with E-state index >= 15 is 0 Å². The molecule has 0 aliphatic carbocycles. The number of Topliss-reactive ketones (excluding diaryl/α,β-unsaturated/α-hetero) is 1. The largest absolute Gasteiger partial charge is 0.477 e. The van der Waals surface area contributed by atoms with Crippen molar-refractivity contribution < 1.29 is 28.0 Å². The Labute approximate surface area is 100 Å². The van der Waals surface area contributed by atoms with Crippen LogP contribution in [0.5, 0.6) is 5.75 Å². The van der Waals surface area contributed by atoms with Gasteiger partial charge in [0.2, 0.25) is 11.6 Å². The van der Waals surface area contributed by atoms with E-state index in [-0.39, 0.29) is 6.61 Å². The number of rotatable bonds is 6. The molecule has 8 heteroatoms. The highest BCUT2D eigenvalue weighted by Gasteiger charge is 2.23. The first-order valence-corrected chi connectivity index (χ1v) is 4.73. The van der Waals surface area contributed by atoms with Crippen LogP contribution in [-0.2, 0) is 9.53 Å². The Morgan fingerprint density at radius 3 is 2.61 bits per heavy atom. The van der Waals surface area contributed by atoms with Crippen molar-refractivity contribution in [3.63, 3.8) is 0 Å². The van der Waals surface area contributed by atoms with Gasteiger partial charge in [-0.25, -0.2) is 4.39 Å². The molecular formula is C10H9F2NO5. The fraction of sp³-hybridized carbons (Fsp3) is 0.300. The van der Waals surface area contributed by atoms with Crippen LogP contribution in [0.1, 0.15) is 0 Å². The quantitative estimate of drug-likeness (QED) is 0.572. The molecule has 1 rings (SSSR count). The molecule has 0 N–H and O–H groups in total. The molecule has 0 spiro atoms. The van der Waals surface area contributed by atoms with Crippen molar-refractivity contribution in [2.24, 2.45) is 0 Å². The van der Waals surface area contributed by atoms with Crippen molar-refractivity contribution in [3.8, 4) is 5.75 Å². The van der Waals surface area contributed by atoms with E-state index in [1.54, 1.807) is 0 Å². The number of hydrogen-bond acceptors (Lipinski definition) is 5. The van der Waals surface area contributed by atoms with Crippen LogP contribution in [0, 0.1) is 21.7 Å². The van der Waals surface area contributed by atoms with E-state index in [0.29, 0.717) is 6.07 Å². The van der Waals surface area contributed by atoms with Crippen molar-refractivity contribution >= 4 is 11.5 Å². The van der Waals surface area contributed by atoms with Gasteiger partial charge in [-0.2, -0.15) is 4.39 Å². The molecule has 0 atom stereocenters. The van der Waals surface area contributed by atoms with Crippen LogP contribution in [0.4, 0.5) is 14.5 Å². The van der Waals surface area contributed by atoms with E-state index in [2.05, 4.69) is 9.47 Å². The maximum Gasteiger partial charge on any atom is 0.314 e. The minimum Gasteiger partial charge on any atom is -0.477 e. The zero-order chi connectivity index (χ0) is 13.7. The third kappa shape index (κ3) is 3.20. The highest BCUT2D eigenvalue weighted by atomic mass is 19.2. The molecule has 0 fully saturated rings. The molecule has 0 aliphatic rings. The van der Waals surface area contributed by atoms with Crippen LogP contribution in [0.25, 0.3) is 0 Å². The fourth-order valence-corrected chi connectivity index (χ4v) is 1.16. The van der Waals surface area contributed by atoms with Crippen LogP contribution in [0.3, 0.4) is 0 Å². The SMILES string of the molecule is COCC(=O)COc1c([N+](=O)[O-])ccc(F)c1F. The van der Waals surface area contributed by atoms with Crippen LogP contribution < -0.4 is 4.74 Å². The van der Waals surface area contributed by atoms with Crippen LogP contribution >= 0.6 is 0 Å². The van der Waals surface area contributed by atoms with Gasteiger partial charge in [-0.15, -0.1) is 0 Å². The molecule has 98 valence electrons. The lowest BCUT2D eigenvalue weighted by Gasteiger charge is -2.07. The molecule has 0 amide bonds. The minimum absolute atomic E-state index is 0.287. The molecule has 0 aliphatic heterocycles. The summed E-state index contributed by atoms with van der Waals surface area (Å²) >= 11 is 0. The Morgan fingerprint density at radius 1 is 1.39 bits per heavy atom. The van der Waals surface area contributed by atoms with Crippen molar-refractivity contribution in [2.45, 2.75) is 0 Å². The van der Waals surface area contributed by atoms with Crippen molar-refractivity contribution in [3.05, 3.63) is 33.9 Å². The van der Waals surface area contributed by atoms with Crippen molar-refractivity contribution in [1.82, 2.24) is 0 Å². The second-order valence-electron chi connectivity index (χ2n) is 3.23. The average Bonchev–Trinajstić information content (AvgIpc) is 2.31. The molecule has 18 heavy (non-hydrogen) atoms. The molecule has 0 heterocycles. The number of methoxy groups -OCH3 is 1.